The summed E-state index contributed by atoms with van der Waals surface area (Å²) in [5.74, 6) is 0.413. The van der Waals surface area contributed by atoms with E-state index in [1.807, 2.05) is 25.1 Å². The van der Waals surface area contributed by atoms with Crippen molar-refractivity contribution >= 4 is 23.7 Å². The lowest BCUT2D eigenvalue weighted by molar-refractivity contribution is -0.117. The van der Waals surface area contributed by atoms with E-state index >= 15 is 0 Å². The third-order valence-corrected chi connectivity index (χ3v) is 4.23. The Morgan fingerprint density at radius 1 is 1.24 bits per heavy atom. The predicted molar refractivity (Wildman–Crippen MR) is 95.4 cm³/mol. The SMILES string of the molecule is CCCNC(=O)NC(=O)CSc1nnc(CC(C)c2ccccc2)o1. The number of hydrogen-bond acceptors (Lipinski definition) is 6. The number of rotatable bonds is 8. The Morgan fingerprint density at radius 2 is 2.00 bits per heavy atom. The van der Waals surface area contributed by atoms with Gasteiger partial charge in [-0.3, -0.25) is 10.1 Å². The second kappa shape index (κ2) is 9.83. The molecule has 0 radical (unpaired) electrons. The summed E-state index contributed by atoms with van der Waals surface area (Å²) < 4.78 is 5.56. The zero-order valence-corrected chi connectivity index (χ0v) is 15.1. The van der Waals surface area contributed by atoms with Crippen molar-refractivity contribution in [3.8, 4) is 0 Å². The lowest BCUT2D eigenvalue weighted by Crippen LogP contribution is -2.40. The van der Waals surface area contributed by atoms with E-state index < -0.39 is 11.9 Å². The minimum Gasteiger partial charge on any atom is -0.416 e. The smallest absolute Gasteiger partial charge is 0.321 e. The van der Waals surface area contributed by atoms with Gasteiger partial charge in [0.1, 0.15) is 0 Å². The highest BCUT2D eigenvalue weighted by molar-refractivity contribution is 7.99. The minimum atomic E-state index is -0.490. The van der Waals surface area contributed by atoms with E-state index in [1.165, 1.54) is 5.56 Å². The average Bonchev–Trinajstić information content (AvgIpc) is 3.06. The van der Waals surface area contributed by atoms with Crippen LogP contribution in [0.3, 0.4) is 0 Å². The van der Waals surface area contributed by atoms with E-state index in [4.69, 9.17) is 4.42 Å². The van der Waals surface area contributed by atoms with Gasteiger partial charge in [-0.05, 0) is 17.9 Å². The fourth-order valence-electron chi connectivity index (χ4n) is 2.11. The average molecular weight is 362 g/mol. The molecule has 2 N–H and O–H groups in total. The summed E-state index contributed by atoms with van der Waals surface area (Å²) in [5, 5.41) is 13.1. The van der Waals surface area contributed by atoms with Gasteiger partial charge in [0.2, 0.25) is 11.8 Å². The summed E-state index contributed by atoms with van der Waals surface area (Å²) in [7, 11) is 0. The van der Waals surface area contributed by atoms with E-state index in [-0.39, 0.29) is 11.7 Å². The standard InChI is InChI=1S/C17H22N4O3S/c1-3-9-18-16(23)19-14(22)11-25-17-21-20-15(24-17)10-12(2)13-7-5-4-6-8-13/h4-8,12H,3,9-11H2,1-2H3,(H2,18,19,22,23). The lowest BCUT2D eigenvalue weighted by Gasteiger charge is -2.08. The molecule has 0 bridgehead atoms. The highest BCUT2D eigenvalue weighted by atomic mass is 32.2. The van der Waals surface area contributed by atoms with Gasteiger partial charge in [0.25, 0.3) is 5.22 Å². The maximum Gasteiger partial charge on any atom is 0.321 e. The summed E-state index contributed by atoms with van der Waals surface area (Å²) >= 11 is 1.11. The van der Waals surface area contributed by atoms with Crippen LogP contribution in [0.25, 0.3) is 0 Å². The molecule has 1 aromatic carbocycles. The molecule has 1 aromatic heterocycles. The minimum absolute atomic E-state index is 0.0371. The van der Waals surface area contributed by atoms with Crippen molar-refractivity contribution in [2.75, 3.05) is 12.3 Å². The Morgan fingerprint density at radius 3 is 2.72 bits per heavy atom. The molecule has 25 heavy (non-hydrogen) atoms. The van der Waals surface area contributed by atoms with Gasteiger partial charge in [-0.25, -0.2) is 4.79 Å². The molecule has 1 unspecified atom stereocenters. The van der Waals surface area contributed by atoms with Crippen LogP contribution in [0.2, 0.25) is 0 Å². The highest BCUT2D eigenvalue weighted by Crippen LogP contribution is 2.22. The Labute approximate surface area is 151 Å². The zero-order chi connectivity index (χ0) is 18.1. The topological polar surface area (TPSA) is 97.1 Å². The van der Waals surface area contributed by atoms with Crippen molar-refractivity contribution in [1.29, 1.82) is 0 Å². The maximum absolute atomic E-state index is 11.7. The van der Waals surface area contributed by atoms with E-state index in [0.29, 0.717) is 24.1 Å². The fraction of sp³-hybridized carbons (Fsp3) is 0.412. The van der Waals surface area contributed by atoms with Crippen molar-refractivity contribution in [3.05, 3.63) is 41.8 Å². The van der Waals surface area contributed by atoms with E-state index in [1.54, 1.807) is 0 Å². The second-order valence-electron chi connectivity index (χ2n) is 5.57. The van der Waals surface area contributed by atoms with E-state index in [2.05, 4.69) is 39.9 Å². The number of thioether (sulfide) groups is 1. The van der Waals surface area contributed by atoms with Crippen LogP contribution in [-0.2, 0) is 11.2 Å². The number of amides is 3. The Bertz CT molecular complexity index is 690. The number of carbonyl (C=O) groups is 2. The number of urea groups is 1. The van der Waals surface area contributed by atoms with Crippen LogP contribution < -0.4 is 10.6 Å². The van der Waals surface area contributed by atoms with Crippen LogP contribution in [0.1, 0.15) is 37.6 Å². The quantitative estimate of drug-likeness (QED) is 0.701. The van der Waals surface area contributed by atoms with Crippen LogP contribution in [0.5, 0.6) is 0 Å². The number of hydrogen-bond donors (Lipinski definition) is 2. The van der Waals surface area contributed by atoms with Crippen molar-refractivity contribution < 1.29 is 14.0 Å². The number of imide groups is 1. The molecule has 0 aliphatic rings. The highest BCUT2D eigenvalue weighted by Gasteiger charge is 2.14. The summed E-state index contributed by atoms with van der Waals surface area (Å²) in [5.41, 5.74) is 1.20. The molecular formula is C17H22N4O3S. The van der Waals surface area contributed by atoms with Crippen molar-refractivity contribution in [3.63, 3.8) is 0 Å². The van der Waals surface area contributed by atoms with Gasteiger partial charge >= 0.3 is 6.03 Å². The van der Waals surface area contributed by atoms with Crippen molar-refractivity contribution in [2.45, 2.75) is 37.8 Å². The van der Waals surface area contributed by atoms with Gasteiger partial charge in [0.15, 0.2) is 0 Å². The normalized spacial score (nSPS) is 11.8. The summed E-state index contributed by atoms with van der Waals surface area (Å²) in [6, 6.07) is 9.60. The number of carbonyl (C=O) groups excluding carboxylic acids is 2. The van der Waals surface area contributed by atoms with Crippen LogP contribution in [0.4, 0.5) is 4.79 Å². The molecule has 3 amide bonds. The molecule has 1 atom stereocenters. The van der Waals surface area contributed by atoms with Crippen molar-refractivity contribution in [2.24, 2.45) is 0 Å². The molecule has 0 saturated heterocycles. The van der Waals surface area contributed by atoms with Gasteiger partial charge in [-0.1, -0.05) is 55.9 Å². The first-order valence-corrected chi connectivity index (χ1v) is 9.14. The van der Waals surface area contributed by atoms with Crippen LogP contribution in [-0.4, -0.2) is 34.4 Å². The summed E-state index contributed by atoms with van der Waals surface area (Å²) in [6.45, 7) is 4.55. The molecule has 0 spiro atoms. The van der Waals surface area contributed by atoms with E-state index in [9.17, 15) is 9.59 Å². The maximum atomic E-state index is 11.7. The summed E-state index contributed by atoms with van der Waals surface area (Å²) in [4.78, 5) is 23.1. The Balaban J connectivity index is 1.77. The van der Waals surface area contributed by atoms with E-state index in [0.717, 1.165) is 18.2 Å². The van der Waals surface area contributed by atoms with Crippen LogP contribution in [0.15, 0.2) is 40.0 Å². The number of benzene rings is 1. The Hall–Kier alpha value is -2.35. The molecule has 7 nitrogen and oxygen atoms in total. The zero-order valence-electron chi connectivity index (χ0n) is 14.3. The molecule has 0 aliphatic heterocycles. The summed E-state index contributed by atoms with van der Waals surface area (Å²) in [6.07, 6.45) is 1.44. The number of nitrogens with one attached hydrogen (secondary N) is 2. The van der Waals surface area contributed by atoms with Gasteiger partial charge in [-0.2, -0.15) is 0 Å². The number of aromatic nitrogens is 2. The monoisotopic (exact) mass is 362 g/mol. The third-order valence-electron chi connectivity index (χ3n) is 3.41. The Kier molecular flexibility index (Phi) is 7.46. The second-order valence-corrected chi connectivity index (χ2v) is 6.50. The molecule has 2 rings (SSSR count). The van der Waals surface area contributed by atoms with Gasteiger partial charge in [-0.15, -0.1) is 10.2 Å². The molecular weight excluding hydrogens is 340 g/mol. The molecule has 134 valence electrons. The first-order chi connectivity index (χ1) is 12.1. The lowest BCUT2D eigenvalue weighted by atomic mass is 9.98. The number of nitrogens with zero attached hydrogens (tertiary/aromatic N) is 2. The molecule has 0 aliphatic carbocycles. The molecule has 2 aromatic rings. The van der Waals surface area contributed by atoms with Crippen LogP contribution in [0, 0.1) is 0 Å². The van der Waals surface area contributed by atoms with Crippen LogP contribution >= 0.6 is 11.8 Å². The molecule has 8 heteroatoms. The predicted octanol–water partition coefficient (Wildman–Crippen LogP) is 2.74. The molecule has 0 saturated carbocycles. The van der Waals surface area contributed by atoms with Gasteiger partial charge in [0, 0.05) is 13.0 Å². The van der Waals surface area contributed by atoms with Gasteiger partial charge < -0.3 is 9.73 Å². The largest absolute Gasteiger partial charge is 0.416 e. The third kappa shape index (κ3) is 6.58. The molecule has 1 heterocycles. The first-order valence-electron chi connectivity index (χ1n) is 8.16. The van der Waals surface area contributed by atoms with Gasteiger partial charge in [0.05, 0.1) is 5.75 Å². The first kappa shape index (κ1) is 19.0. The fourth-order valence-corrected chi connectivity index (χ4v) is 2.69. The van der Waals surface area contributed by atoms with Crippen molar-refractivity contribution in [1.82, 2.24) is 20.8 Å². The molecule has 0 fully saturated rings.